The van der Waals surface area contributed by atoms with Gasteiger partial charge >= 0.3 is 0 Å². The summed E-state index contributed by atoms with van der Waals surface area (Å²) in [5, 5.41) is 3.88. The van der Waals surface area contributed by atoms with Crippen LogP contribution in [0.3, 0.4) is 0 Å². The molecular weight excluding hydrogens is 218 g/mol. The second-order valence-electron chi connectivity index (χ2n) is 3.91. The Morgan fingerprint density at radius 1 is 1.41 bits per heavy atom. The maximum Gasteiger partial charge on any atom is 0.231 e. The summed E-state index contributed by atoms with van der Waals surface area (Å²) < 4.78 is 5.19. The van der Waals surface area contributed by atoms with Crippen molar-refractivity contribution in [3.8, 4) is 11.5 Å². The van der Waals surface area contributed by atoms with Gasteiger partial charge in [-0.3, -0.25) is 4.98 Å². The fourth-order valence-corrected chi connectivity index (χ4v) is 1.48. The number of hydrogen-bond donors (Lipinski definition) is 1. The van der Waals surface area contributed by atoms with E-state index in [0.717, 1.165) is 6.42 Å². The number of nitrogens with zero attached hydrogens (tertiary/aromatic N) is 4. The summed E-state index contributed by atoms with van der Waals surface area (Å²) >= 11 is 0. The van der Waals surface area contributed by atoms with Gasteiger partial charge in [-0.05, 0) is 6.42 Å². The highest BCUT2D eigenvalue weighted by Crippen LogP contribution is 2.20. The summed E-state index contributed by atoms with van der Waals surface area (Å²) in [5.74, 6) is 1.03. The molecule has 2 atom stereocenters. The van der Waals surface area contributed by atoms with E-state index in [1.54, 1.807) is 18.6 Å². The SMILES string of the molecule is CCC(N)C(C)c1nc(-c2cnccn2)no1. The van der Waals surface area contributed by atoms with Crippen LogP contribution in [-0.2, 0) is 0 Å². The normalized spacial score (nSPS) is 14.5. The number of hydrogen-bond acceptors (Lipinski definition) is 6. The Balaban J connectivity index is 2.22. The van der Waals surface area contributed by atoms with Gasteiger partial charge in [0, 0.05) is 18.4 Å². The minimum atomic E-state index is 0.0187. The first-order chi connectivity index (χ1) is 8.22. The van der Waals surface area contributed by atoms with Gasteiger partial charge < -0.3 is 10.3 Å². The quantitative estimate of drug-likeness (QED) is 0.857. The molecule has 0 radical (unpaired) electrons. The molecule has 0 bridgehead atoms. The van der Waals surface area contributed by atoms with Gasteiger partial charge in [0.2, 0.25) is 11.7 Å². The van der Waals surface area contributed by atoms with Crippen molar-refractivity contribution in [1.82, 2.24) is 20.1 Å². The molecule has 0 saturated carbocycles. The zero-order chi connectivity index (χ0) is 12.3. The molecule has 0 amide bonds. The van der Waals surface area contributed by atoms with E-state index in [2.05, 4.69) is 20.1 Å². The number of nitrogens with two attached hydrogens (primary N) is 1. The molecule has 17 heavy (non-hydrogen) atoms. The molecule has 2 unspecified atom stereocenters. The van der Waals surface area contributed by atoms with Gasteiger partial charge in [0.15, 0.2) is 0 Å². The van der Waals surface area contributed by atoms with Crippen LogP contribution in [0.25, 0.3) is 11.5 Å². The molecule has 0 aromatic carbocycles. The van der Waals surface area contributed by atoms with E-state index in [4.69, 9.17) is 10.3 Å². The molecule has 0 saturated heterocycles. The zero-order valence-electron chi connectivity index (χ0n) is 9.87. The van der Waals surface area contributed by atoms with Gasteiger partial charge in [0.05, 0.1) is 12.1 Å². The summed E-state index contributed by atoms with van der Waals surface area (Å²) in [4.78, 5) is 12.4. The molecule has 0 spiro atoms. The minimum Gasteiger partial charge on any atom is -0.339 e. The van der Waals surface area contributed by atoms with Crippen molar-refractivity contribution in [3.63, 3.8) is 0 Å². The molecule has 2 rings (SSSR count). The van der Waals surface area contributed by atoms with Crippen molar-refractivity contribution in [3.05, 3.63) is 24.5 Å². The third-order valence-electron chi connectivity index (χ3n) is 2.74. The molecule has 6 heteroatoms. The first-order valence-electron chi connectivity index (χ1n) is 5.58. The minimum absolute atomic E-state index is 0.0187. The molecule has 90 valence electrons. The lowest BCUT2D eigenvalue weighted by Crippen LogP contribution is -2.25. The average molecular weight is 233 g/mol. The van der Waals surface area contributed by atoms with Crippen LogP contribution in [0.1, 0.15) is 32.1 Å². The summed E-state index contributed by atoms with van der Waals surface area (Å²) in [7, 11) is 0. The lowest BCUT2D eigenvalue weighted by molar-refractivity contribution is 0.340. The Morgan fingerprint density at radius 3 is 2.88 bits per heavy atom. The fourth-order valence-electron chi connectivity index (χ4n) is 1.48. The third kappa shape index (κ3) is 2.47. The van der Waals surface area contributed by atoms with Crippen molar-refractivity contribution >= 4 is 0 Å². The average Bonchev–Trinajstić information content (AvgIpc) is 2.87. The molecule has 0 aliphatic rings. The smallest absolute Gasteiger partial charge is 0.231 e. The highest BCUT2D eigenvalue weighted by atomic mass is 16.5. The zero-order valence-corrected chi connectivity index (χ0v) is 9.87. The van der Waals surface area contributed by atoms with E-state index in [9.17, 15) is 0 Å². The Hall–Kier alpha value is -1.82. The maximum atomic E-state index is 5.94. The van der Waals surface area contributed by atoms with Crippen LogP contribution in [-0.4, -0.2) is 26.2 Å². The van der Waals surface area contributed by atoms with Crippen molar-refractivity contribution in [2.24, 2.45) is 5.73 Å². The van der Waals surface area contributed by atoms with Crippen molar-refractivity contribution in [2.45, 2.75) is 32.2 Å². The Morgan fingerprint density at radius 2 is 2.24 bits per heavy atom. The molecular formula is C11H15N5O. The van der Waals surface area contributed by atoms with E-state index < -0.39 is 0 Å². The van der Waals surface area contributed by atoms with E-state index in [-0.39, 0.29) is 12.0 Å². The van der Waals surface area contributed by atoms with Crippen molar-refractivity contribution < 1.29 is 4.52 Å². The first-order valence-corrected chi connectivity index (χ1v) is 5.58. The van der Waals surface area contributed by atoms with Gasteiger partial charge in [-0.15, -0.1) is 0 Å². The van der Waals surface area contributed by atoms with Crippen molar-refractivity contribution in [1.29, 1.82) is 0 Å². The molecule has 2 aromatic rings. The summed E-state index contributed by atoms with van der Waals surface area (Å²) in [6.45, 7) is 4.00. The van der Waals surface area contributed by atoms with Crippen LogP contribution in [0, 0.1) is 0 Å². The highest BCUT2D eigenvalue weighted by molar-refractivity contribution is 5.45. The van der Waals surface area contributed by atoms with Crippen LogP contribution in [0.15, 0.2) is 23.1 Å². The second kappa shape index (κ2) is 5.01. The fraction of sp³-hybridized carbons (Fsp3) is 0.455. The van der Waals surface area contributed by atoms with Gasteiger partial charge in [0.25, 0.3) is 0 Å². The van der Waals surface area contributed by atoms with Gasteiger partial charge in [-0.25, -0.2) is 4.98 Å². The summed E-state index contributed by atoms with van der Waals surface area (Å²) in [6, 6.07) is 0.0187. The van der Waals surface area contributed by atoms with Gasteiger partial charge in [0.1, 0.15) is 5.69 Å². The largest absolute Gasteiger partial charge is 0.339 e. The van der Waals surface area contributed by atoms with Crippen LogP contribution < -0.4 is 5.73 Å². The maximum absolute atomic E-state index is 5.94. The molecule has 0 aliphatic carbocycles. The van der Waals surface area contributed by atoms with Crippen LogP contribution in [0.5, 0.6) is 0 Å². The molecule has 6 nitrogen and oxygen atoms in total. The van der Waals surface area contributed by atoms with Gasteiger partial charge in [-0.2, -0.15) is 4.98 Å². The van der Waals surface area contributed by atoms with E-state index in [1.165, 1.54) is 0 Å². The lowest BCUT2D eigenvalue weighted by atomic mass is 10.0. The highest BCUT2D eigenvalue weighted by Gasteiger charge is 2.20. The van der Waals surface area contributed by atoms with Crippen LogP contribution in [0.2, 0.25) is 0 Å². The van der Waals surface area contributed by atoms with E-state index in [0.29, 0.717) is 17.4 Å². The Kier molecular flexibility index (Phi) is 3.43. The monoisotopic (exact) mass is 233 g/mol. The van der Waals surface area contributed by atoms with Crippen LogP contribution in [0.4, 0.5) is 0 Å². The molecule has 0 fully saturated rings. The number of rotatable bonds is 4. The van der Waals surface area contributed by atoms with Crippen LogP contribution >= 0.6 is 0 Å². The van der Waals surface area contributed by atoms with E-state index in [1.807, 2.05) is 13.8 Å². The predicted octanol–water partition coefficient (Wildman–Crippen LogP) is 1.37. The Labute approximate surface area is 99.3 Å². The lowest BCUT2D eigenvalue weighted by Gasteiger charge is -2.13. The molecule has 0 aliphatic heterocycles. The number of aromatic nitrogens is 4. The summed E-state index contributed by atoms with van der Waals surface area (Å²) in [5.41, 5.74) is 6.54. The molecule has 2 heterocycles. The second-order valence-corrected chi connectivity index (χ2v) is 3.91. The Bertz CT molecular complexity index is 470. The predicted molar refractivity (Wildman–Crippen MR) is 62.0 cm³/mol. The molecule has 2 aromatic heterocycles. The third-order valence-corrected chi connectivity index (χ3v) is 2.74. The van der Waals surface area contributed by atoms with E-state index >= 15 is 0 Å². The van der Waals surface area contributed by atoms with Gasteiger partial charge in [-0.1, -0.05) is 19.0 Å². The standard InChI is InChI=1S/C11H15N5O/c1-3-8(12)7(2)11-15-10(16-17-11)9-6-13-4-5-14-9/h4-8H,3,12H2,1-2H3. The molecule has 2 N–H and O–H groups in total. The van der Waals surface area contributed by atoms with Crippen molar-refractivity contribution in [2.75, 3.05) is 0 Å². The first kappa shape index (κ1) is 11.7. The topological polar surface area (TPSA) is 90.7 Å². The summed E-state index contributed by atoms with van der Waals surface area (Å²) in [6.07, 6.45) is 5.65.